The Morgan fingerprint density at radius 2 is 2.13 bits per heavy atom. The van der Waals surface area contributed by atoms with Gasteiger partial charge in [0.2, 0.25) is 5.96 Å². The van der Waals surface area contributed by atoms with E-state index < -0.39 is 0 Å². The molecule has 0 aliphatic carbocycles. The molecule has 0 amide bonds. The van der Waals surface area contributed by atoms with Crippen LogP contribution in [0.1, 0.15) is 23.6 Å². The zero-order valence-corrected chi connectivity index (χ0v) is 10.0. The van der Waals surface area contributed by atoms with Gasteiger partial charge < -0.3 is 5.32 Å². The number of hydrogen-bond acceptors (Lipinski definition) is 3. The van der Waals surface area contributed by atoms with Crippen molar-refractivity contribution in [3.05, 3.63) is 21.9 Å². The van der Waals surface area contributed by atoms with E-state index in [4.69, 9.17) is 5.84 Å². The van der Waals surface area contributed by atoms with E-state index in [1.54, 1.807) is 11.3 Å². The summed E-state index contributed by atoms with van der Waals surface area (Å²) in [4.78, 5) is 6.99. The van der Waals surface area contributed by atoms with Crippen molar-refractivity contribution < 1.29 is 0 Å². The van der Waals surface area contributed by atoms with Gasteiger partial charge in [0, 0.05) is 16.3 Å². The van der Waals surface area contributed by atoms with Crippen LogP contribution in [-0.2, 0) is 13.0 Å². The van der Waals surface area contributed by atoms with Gasteiger partial charge in [0.1, 0.15) is 0 Å². The predicted molar refractivity (Wildman–Crippen MR) is 65.8 cm³/mol. The quantitative estimate of drug-likeness (QED) is 0.313. The second-order valence-corrected chi connectivity index (χ2v) is 4.31. The van der Waals surface area contributed by atoms with Crippen molar-refractivity contribution in [2.45, 2.75) is 26.8 Å². The standard InChI is InChI=1S/C10H18N4S/c1-3-8-5-6-9(15-8)7-13-10(14-11)12-4-2/h5-6H,3-4,7,11H2,1-2H3,(H2,12,13,14). The van der Waals surface area contributed by atoms with Crippen molar-refractivity contribution >= 4 is 17.3 Å². The molecule has 1 aromatic rings. The van der Waals surface area contributed by atoms with Crippen molar-refractivity contribution in [2.24, 2.45) is 10.8 Å². The van der Waals surface area contributed by atoms with Crippen molar-refractivity contribution in [1.29, 1.82) is 0 Å². The van der Waals surface area contributed by atoms with Gasteiger partial charge in [0.05, 0.1) is 6.54 Å². The van der Waals surface area contributed by atoms with Crippen LogP contribution < -0.4 is 16.6 Å². The topological polar surface area (TPSA) is 62.4 Å². The molecule has 0 saturated carbocycles. The molecule has 5 heteroatoms. The molecule has 0 aliphatic rings. The first-order valence-corrected chi connectivity index (χ1v) is 5.94. The lowest BCUT2D eigenvalue weighted by Crippen LogP contribution is -2.41. The summed E-state index contributed by atoms with van der Waals surface area (Å²) in [5.74, 6) is 5.96. The van der Waals surface area contributed by atoms with Gasteiger partial charge in [0.25, 0.3) is 0 Å². The molecule has 0 aliphatic heterocycles. The minimum absolute atomic E-state index is 0.643. The first-order valence-electron chi connectivity index (χ1n) is 5.12. The monoisotopic (exact) mass is 226 g/mol. The molecule has 0 aromatic carbocycles. The summed E-state index contributed by atoms with van der Waals surface area (Å²) in [6, 6.07) is 4.27. The molecule has 0 radical (unpaired) electrons. The van der Waals surface area contributed by atoms with Crippen molar-refractivity contribution in [2.75, 3.05) is 6.54 Å². The summed E-state index contributed by atoms with van der Waals surface area (Å²) in [7, 11) is 0. The third kappa shape index (κ3) is 3.89. The van der Waals surface area contributed by atoms with Gasteiger partial charge in [-0.2, -0.15) is 0 Å². The molecule has 0 unspecified atom stereocenters. The molecule has 15 heavy (non-hydrogen) atoms. The van der Waals surface area contributed by atoms with Gasteiger partial charge >= 0.3 is 0 Å². The minimum atomic E-state index is 0.643. The zero-order chi connectivity index (χ0) is 11.1. The lowest BCUT2D eigenvalue weighted by atomic mass is 10.4. The number of rotatable bonds is 4. The van der Waals surface area contributed by atoms with Crippen molar-refractivity contribution in [1.82, 2.24) is 10.7 Å². The van der Waals surface area contributed by atoms with Crippen LogP contribution in [0.25, 0.3) is 0 Å². The molecule has 0 spiro atoms. The van der Waals surface area contributed by atoms with Gasteiger partial charge in [0.15, 0.2) is 0 Å². The van der Waals surface area contributed by atoms with E-state index >= 15 is 0 Å². The highest BCUT2D eigenvalue weighted by molar-refractivity contribution is 7.11. The number of hydrazine groups is 1. The molecule has 0 saturated heterocycles. The Labute approximate surface area is 94.6 Å². The first kappa shape index (κ1) is 12.0. The average Bonchev–Trinajstić information content (AvgIpc) is 2.72. The summed E-state index contributed by atoms with van der Waals surface area (Å²) in [5.41, 5.74) is 2.54. The largest absolute Gasteiger partial charge is 0.356 e. The molecule has 1 rings (SSSR count). The summed E-state index contributed by atoms with van der Waals surface area (Å²) >= 11 is 1.80. The lowest BCUT2D eigenvalue weighted by Gasteiger charge is -2.05. The predicted octanol–water partition coefficient (Wildman–Crippen LogP) is 1.24. The van der Waals surface area contributed by atoms with Gasteiger partial charge in [-0.3, -0.25) is 5.43 Å². The smallest absolute Gasteiger partial charge is 0.206 e. The van der Waals surface area contributed by atoms with Crippen LogP contribution in [0.3, 0.4) is 0 Å². The molecule has 1 heterocycles. The van der Waals surface area contributed by atoms with E-state index in [9.17, 15) is 0 Å². The highest BCUT2D eigenvalue weighted by Crippen LogP contribution is 2.17. The van der Waals surface area contributed by atoms with E-state index in [0.29, 0.717) is 12.5 Å². The molecule has 4 nitrogen and oxygen atoms in total. The van der Waals surface area contributed by atoms with Crippen LogP contribution in [0.2, 0.25) is 0 Å². The molecule has 84 valence electrons. The van der Waals surface area contributed by atoms with Crippen molar-refractivity contribution in [3.8, 4) is 0 Å². The first-order chi connectivity index (χ1) is 7.30. The second-order valence-electron chi connectivity index (χ2n) is 3.06. The highest BCUT2D eigenvalue weighted by Gasteiger charge is 1.98. The number of aliphatic imine (C=N–C) groups is 1. The van der Waals surface area contributed by atoms with Gasteiger partial charge in [-0.15, -0.1) is 11.3 Å². The number of hydrogen-bond donors (Lipinski definition) is 3. The Morgan fingerprint density at radius 1 is 1.40 bits per heavy atom. The third-order valence-corrected chi connectivity index (χ3v) is 3.15. The summed E-state index contributed by atoms with van der Waals surface area (Å²) in [5, 5.41) is 3.04. The van der Waals surface area contributed by atoms with E-state index in [1.165, 1.54) is 9.75 Å². The number of nitrogens with zero attached hydrogens (tertiary/aromatic N) is 1. The van der Waals surface area contributed by atoms with E-state index in [1.807, 2.05) is 6.92 Å². The second kappa shape index (κ2) is 6.42. The van der Waals surface area contributed by atoms with Crippen LogP contribution in [0, 0.1) is 0 Å². The maximum absolute atomic E-state index is 5.31. The Morgan fingerprint density at radius 3 is 2.67 bits per heavy atom. The van der Waals surface area contributed by atoms with Crippen LogP contribution in [0.4, 0.5) is 0 Å². The molecule has 1 aromatic heterocycles. The zero-order valence-electron chi connectivity index (χ0n) is 9.21. The SMILES string of the molecule is CCNC(=NCc1ccc(CC)s1)NN. The molecule has 0 atom stereocenters. The summed E-state index contributed by atoms with van der Waals surface area (Å²) in [6.45, 7) is 5.66. The fraction of sp³-hybridized carbons (Fsp3) is 0.500. The molecular weight excluding hydrogens is 208 g/mol. The Hall–Kier alpha value is -1.07. The van der Waals surface area contributed by atoms with E-state index in [-0.39, 0.29) is 0 Å². The normalized spacial score (nSPS) is 11.5. The fourth-order valence-electron chi connectivity index (χ4n) is 1.17. The number of thiophene rings is 1. The number of nitrogens with two attached hydrogens (primary N) is 1. The molecule has 0 bridgehead atoms. The molecule has 4 N–H and O–H groups in total. The number of aryl methyl sites for hydroxylation is 1. The van der Waals surface area contributed by atoms with Crippen molar-refractivity contribution in [3.63, 3.8) is 0 Å². The van der Waals surface area contributed by atoms with Crippen LogP contribution in [-0.4, -0.2) is 12.5 Å². The molecular formula is C10H18N4S. The average molecular weight is 226 g/mol. The van der Waals surface area contributed by atoms with E-state index in [0.717, 1.165) is 13.0 Å². The molecule has 0 fully saturated rings. The Balaban J connectivity index is 2.53. The number of nitrogens with one attached hydrogen (secondary N) is 2. The Kier molecular flexibility index (Phi) is 5.14. The van der Waals surface area contributed by atoms with Crippen LogP contribution >= 0.6 is 11.3 Å². The fourth-order valence-corrected chi connectivity index (χ4v) is 2.06. The summed E-state index contributed by atoms with van der Waals surface area (Å²) in [6.07, 6.45) is 1.09. The van der Waals surface area contributed by atoms with Gasteiger partial charge in [-0.1, -0.05) is 6.92 Å². The van der Waals surface area contributed by atoms with Gasteiger partial charge in [-0.25, -0.2) is 10.8 Å². The minimum Gasteiger partial charge on any atom is -0.356 e. The van der Waals surface area contributed by atoms with Gasteiger partial charge in [-0.05, 0) is 25.5 Å². The lowest BCUT2D eigenvalue weighted by molar-refractivity contribution is 0.854. The van der Waals surface area contributed by atoms with Crippen LogP contribution in [0.15, 0.2) is 17.1 Å². The highest BCUT2D eigenvalue weighted by atomic mass is 32.1. The Bertz CT molecular complexity index is 319. The van der Waals surface area contributed by atoms with E-state index in [2.05, 4.69) is 34.8 Å². The third-order valence-electron chi connectivity index (χ3n) is 1.94. The summed E-state index contributed by atoms with van der Waals surface area (Å²) < 4.78 is 0. The number of guanidine groups is 1. The maximum atomic E-state index is 5.31. The maximum Gasteiger partial charge on any atom is 0.206 e. The van der Waals surface area contributed by atoms with Crippen LogP contribution in [0.5, 0.6) is 0 Å².